The molecular weight excluding hydrogens is 312 g/mol. The van der Waals surface area contributed by atoms with Gasteiger partial charge in [-0.15, -0.1) is 11.6 Å². The third-order valence-corrected chi connectivity index (χ3v) is 7.17. The van der Waals surface area contributed by atoms with Gasteiger partial charge in [0.15, 0.2) is 0 Å². The first kappa shape index (κ1) is 22.3. The van der Waals surface area contributed by atoms with E-state index >= 15 is 0 Å². The molecule has 1 aliphatic rings. The summed E-state index contributed by atoms with van der Waals surface area (Å²) in [6.45, 7) is 14.2. The number of hydrogen-bond acceptors (Lipinski definition) is 0. The lowest BCUT2D eigenvalue weighted by atomic mass is 9.66. The Morgan fingerprint density at radius 1 is 0.875 bits per heavy atom. The molecule has 0 aromatic rings. The van der Waals surface area contributed by atoms with E-state index in [9.17, 15) is 0 Å². The molecule has 144 valence electrons. The standard InChI is InChI=1S/C23H45Cl/c1-18(2)15-16-22(23(6,20(5)24)17-19(3)4)14-10-9-13-21-11-7-8-12-21/h18-22H,7-17H2,1-6H3. The second-order valence-electron chi connectivity index (χ2n) is 9.82. The molecular formula is C23H45Cl. The minimum Gasteiger partial charge on any atom is -0.123 e. The first-order chi connectivity index (χ1) is 11.3. The Hall–Kier alpha value is 0.290. The zero-order valence-corrected chi connectivity index (χ0v) is 18.3. The van der Waals surface area contributed by atoms with Gasteiger partial charge in [0.2, 0.25) is 0 Å². The van der Waals surface area contributed by atoms with Crippen molar-refractivity contribution >= 4 is 11.6 Å². The van der Waals surface area contributed by atoms with Crippen molar-refractivity contribution in [1.29, 1.82) is 0 Å². The van der Waals surface area contributed by atoms with Crippen molar-refractivity contribution < 1.29 is 0 Å². The SMILES string of the molecule is CC(C)CCC(CCCCC1CCCC1)C(C)(CC(C)C)C(C)Cl. The van der Waals surface area contributed by atoms with E-state index in [-0.39, 0.29) is 10.8 Å². The molecule has 24 heavy (non-hydrogen) atoms. The Morgan fingerprint density at radius 3 is 2.00 bits per heavy atom. The van der Waals surface area contributed by atoms with Crippen molar-refractivity contribution in [2.75, 3.05) is 0 Å². The van der Waals surface area contributed by atoms with Gasteiger partial charge in [-0.1, -0.05) is 86.0 Å². The largest absolute Gasteiger partial charge is 0.123 e. The second kappa shape index (κ2) is 11.1. The van der Waals surface area contributed by atoms with Crippen LogP contribution in [0.3, 0.4) is 0 Å². The van der Waals surface area contributed by atoms with Crippen LogP contribution in [0.15, 0.2) is 0 Å². The van der Waals surface area contributed by atoms with Crippen LogP contribution in [0.2, 0.25) is 0 Å². The van der Waals surface area contributed by atoms with Crippen molar-refractivity contribution in [3.8, 4) is 0 Å². The van der Waals surface area contributed by atoms with Gasteiger partial charge in [0.05, 0.1) is 0 Å². The number of halogens is 1. The molecule has 0 N–H and O–H groups in total. The third-order valence-electron chi connectivity index (χ3n) is 6.67. The molecule has 3 atom stereocenters. The Balaban J connectivity index is 2.58. The van der Waals surface area contributed by atoms with Crippen LogP contribution in [0, 0.1) is 29.1 Å². The Morgan fingerprint density at radius 2 is 1.50 bits per heavy atom. The highest BCUT2D eigenvalue weighted by atomic mass is 35.5. The summed E-state index contributed by atoms with van der Waals surface area (Å²) in [7, 11) is 0. The van der Waals surface area contributed by atoms with Crippen molar-refractivity contribution in [2.24, 2.45) is 29.1 Å². The van der Waals surface area contributed by atoms with E-state index < -0.39 is 0 Å². The Labute approximate surface area is 158 Å². The zero-order valence-electron chi connectivity index (χ0n) is 17.5. The lowest BCUT2D eigenvalue weighted by Gasteiger charge is -2.42. The molecule has 0 amide bonds. The first-order valence-electron chi connectivity index (χ1n) is 10.9. The van der Waals surface area contributed by atoms with Gasteiger partial charge < -0.3 is 0 Å². The van der Waals surface area contributed by atoms with Gasteiger partial charge in [-0.3, -0.25) is 0 Å². The van der Waals surface area contributed by atoms with Gasteiger partial charge in [0, 0.05) is 5.38 Å². The number of rotatable bonds is 12. The monoisotopic (exact) mass is 356 g/mol. The van der Waals surface area contributed by atoms with E-state index in [1.807, 2.05) is 0 Å². The van der Waals surface area contributed by atoms with Gasteiger partial charge in [-0.25, -0.2) is 0 Å². The summed E-state index contributed by atoms with van der Waals surface area (Å²) in [5.74, 6) is 3.38. The molecule has 0 bridgehead atoms. The summed E-state index contributed by atoms with van der Waals surface area (Å²) in [6.07, 6.45) is 15.7. The summed E-state index contributed by atoms with van der Waals surface area (Å²) >= 11 is 6.76. The van der Waals surface area contributed by atoms with Crippen LogP contribution in [-0.2, 0) is 0 Å². The molecule has 0 aromatic carbocycles. The predicted molar refractivity (Wildman–Crippen MR) is 111 cm³/mol. The third kappa shape index (κ3) is 7.67. The fourth-order valence-corrected chi connectivity index (χ4v) is 5.26. The van der Waals surface area contributed by atoms with Crippen LogP contribution in [0.5, 0.6) is 0 Å². The van der Waals surface area contributed by atoms with Gasteiger partial charge in [-0.2, -0.15) is 0 Å². The smallest absolute Gasteiger partial charge is 0.0364 e. The van der Waals surface area contributed by atoms with Gasteiger partial charge >= 0.3 is 0 Å². The molecule has 1 heteroatoms. The van der Waals surface area contributed by atoms with Crippen molar-refractivity contribution in [3.63, 3.8) is 0 Å². The minimum atomic E-state index is 0.270. The van der Waals surface area contributed by atoms with Crippen molar-refractivity contribution in [3.05, 3.63) is 0 Å². The maximum Gasteiger partial charge on any atom is 0.0364 e. The Kier molecular flexibility index (Phi) is 10.3. The van der Waals surface area contributed by atoms with Crippen LogP contribution in [-0.4, -0.2) is 5.38 Å². The van der Waals surface area contributed by atoms with Gasteiger partial charge in [0.25, 0.3) is 0 Å². The highest BCUT2D eigenvalue weighted by Crippen LogP contribution is 2.45. The molecule has 0 aliphatic heterocycles. The number of unbranched alkanes of at least 4 members (excludes halogenated alkanes) is 1. The van der Waals surface area contributed by atoms with Crippen LogP contribution in [0.1, 0.15) is 112 Å². The van der Waals surface area contributed by atoms with E-state index in [4.69, 9.17) is 11.6 Å². The highest BCUT2D eigenvalue weighted by molar-refractivity contribution is 6.20. The zero-order chi connectivity index (χ0) is 18.2. The molecule has 0 saturated heterocycles. The molecule has 0 heterocycles. The lowest BCUT2D eigenvalue weighted by molar-refractivity contribution is 0.117. The van der Waals surface area contributed by atoms with Crippen LogP contribution < -0.4 is 0 Å². The quantitative estimate of drug-likeness (QED) is 0.243. The fourth-order valence-electron chi connectivity index (χ4n) is 4.99. The highest BCUT2D eigenvalue weighted by Gasteiger charge is 2.38. The molecule has 1 fully saturated rings. The average Bonchev–Trinajstić information content (AvgIpc) is 2.98. The predicted octanol–water partition coefficient (Wildman–Crippen LogP) is 8.47. The molecule has 1 rings (SSSR count). The lowest BCUT2D eigenvalue weighted by Crippen LogP contribution is -2.36. The summed E-state index contributed by atoms with van der Waals surface area (Å²) in [4.78, 5) is 0. The average molecular weight is 357 g/mol. The summed E-state index contributed by atoms with van der Waals surface area (Å²) in [6, 6.07) is 0. The molecule has 0 nitrogen and oxygen atoms in total. The summed E-state index contributed by atoms with van der Waals surface area (Å²) in [5.41, 5.74) is 0.290. The minimum absolute atomic E-state index is 0.270. The maximum atomic E-state index is 6.76. The van der Waals surface area contributed by atoms with E-state index in [1.54, 1.807) is 0 Å². The summed E-state index contributed by atoms with van der Waals surface area (Å²) in [5, 5.41) is 0.270. The van der Waals surface area contributed by atoms with Crippen LogP contribution in [0.25, 0.3) is 0 Å². The molecule has 1 aliphatic carbocycles. The summed E-state index contributed by atoms with van der Waals surface area (Å²) < 4.78 is 0. The van der Waals surface area contributed by atoms with Crippen LogP contribution in [0.4, 0.5) is 0 Å². The van der Waals surface area contributed by atoms with Crippen molar-refractivity contribution in [1.82, 2.24) is 0 Å². The molecule has 0 spiro atoms. The normalized spacial score (nSPS) is 21.4. The second-order valence-corrected chi connectivity index (χ2v) is 10.5. The fraction of sp³-hybridized carbons (Fsp3) is 1.00. The van der Waals surface area contributed by atoms with Crippen LogP contribution >= 0.6 is 11.6 Å². The first-order valence-corrected chi connectivity index (χ1v) is 11.3. The maximum absolute atomic E-state index is 6.76. The van der Waals surface area contributed by atoms with E-state index in [0.717, 1.165) is 23.7 Å². The van der Waals surface area contributed by atoms with E-state index in [2.05, 4.69) is 41.5 Å². The van der Waals surface area contributed by atoms with E-state index in [1.165, 1.54) is 70.6 Å². The molecule has 3 unspecified atom stereocenters. The Bertz CT molecular complexity index is 314. The van der Waals surface area contributed by atoms with Gasteiger partial charge in [-0.05, 0) is 55.3 Å². The van der Waals surface area contributed by atoms with E-state index in [0.29, 0.717) is 0 Å². The molecule has 0 aromatic heterocycles. The topological polar surface area (TPSA) is 0 Å². The number of alkyl halides is 1. The molecule has 1 saturated carbocycles. The van der Waals surface area contributed by atoms with Crippen molar-refractivity contribution in [2.45, 2.75) is 118 Å². The van der Waals surface area contributed by atoms with Gasteiger partial charge in [0.1, 0.15) is 0 Å². The number of hydrogen-bond donors (Lipinski definition) is 0. The molecule has 0 radical (unpaired) electrons.